The molecular weight excluding hydrogens is 452 g/mol. The number of fused-ring (bicyclic) bond motifs is 1. The van der Waals surface area contributed by atoms with Crippen molar-refractivity contribution in [2.45, 2.75) is 50.5 Å². The number of likely N-dealkylation sites (tertiary alicyclic amines) is 1. The molecule has 2 aromatic carbocycles. The van der Waals surface area contributed by atoms with E-state index in [2.05, 4.69) is 29.6 Å². The van der Waals surface area contributed by atoms with Crippen molar-refractivity contribution in [2.75, 3.05) is 25.0 Å². The van der Waals surface area contributed by atoms with Crippen molar-refractivity contribution in [2.24, 2.45) is 16.8 Å². The Labute approximate surface area is 210 Å². The lowest BCUT2D eigenvalue weighted by Gasteiger charge is -2.23. The lowest BCUT2D eigenvalue weighted by atomic mass is 9.97. The number of carbonyl (C=O) groups is 3. The number of nitrogens with zero attached hydrogens (tertiary/aromatic N) is 3. The van der Waals surface area contributed by atoms with Gasteiger partial charge in [-0.15, -0.1) is 0 Å². The molecule has 5 aliphatic rings. The number of nitrogens with one attached hydrogen (secondary N) is 1. The molecule has 36 heavy (non-hydrogen) atoms. The van der Waals surface area contributed by atoms with Crippen molar-refractivity contribution < 1.29 is 14.4 Å². The predicted molar refractivity (Wildman–Crippen MR) is 136 cm³/mol. The number of carbonyl (C=O) groups excluding carboxylic acids is 3. The second kappa shape index (κ2) is 8.02. The summed E-state index contributed by atoms with van der Waals surface area (Å²) in [5, 5.41) is 2.98. The Morgan fingerprint density at radius 2 is 1.72 bits per heavy atom. The Kier molecular flexibility index (Phi) is 4.85. The van der Waals surface area contributed by atoms with Gasteiger partial charge in [0.1, 0.15) is 11.4 Å². The van der Waals surface area contributed by atoms with Crippen molar-refractivity contribution in [3.63, 3.8) is 0 Å². The van der Waals surface area contributed by atoms with Crippen molar-refractivity contribution in [3.8, 4) is 11.1 Å². The van der Waals surface area contributed by atoms with Crippen LogP contribution in [0.15, 0.2) is 47.5 Å². The molecule has 7 heteroatoms. The monoisotopic (exact) mass is 482 g/mol. The zero-order chi connectivity index (χ0) is 24.4. The third kappa shape index (κ3) is 3.72. The van der Waals surface area contributed by atoms with Crippen LogP contribution in [-0.2, 0) is 20.8 Å². The van der Waals surface area contributed by atoms with Crippen LogP contribution < -0.4 is 5.32 Å². The van der Waals surface area contributed by atoms with Gasteiger partial charge in [-0.25, -0.2) is 0 Å². The molecule has 1 saturated heterocycles. The smallest absolute Gasteiger partial charge is 0.256 e. The van der Waals surface area contributed by atoms with Gasteiger partial charge in [-0.05, 0) is 67.2 Å². The lowest BCUT2D eigenvalue weighted by molar-refractivity contribution is -0.131. The second-order valence-electron chi connectivity index (χ2n) is 11.1. The number of rotatable bonds is 5. The van der Waals surface area contributed by atoms with E-state index in [1.165, 1.54) is 5.56 Å². The number of amides is 3. The van der Waals surface area contributed by atoms with Crippen LogP contribution in [0.25, 0.3) is 11.1 Å². The van der Waals surface area contributed by atoms with E-state index in [1.54, 1.807) is 0 Å². The summed E-state index contributed by atoms with van der Waals surface area (Å²) in [6.45, 7) is 2.17. The summed E-state index contributed by atoms with van der Waals surface area (Å²) in [5.74, 6) is 1.80. The van der Waals surface area contributed by atoms with Crippen LogP contribution in [0.3, 0.4) is 0 Å². The molecular formula is C29H30N4O3. The number of hydrogen-bond acceptors (Lipinski definition) is 4. The summed E-state index contributed by atoms with van der Waals surface area (Å²) in [4.78, 5) is 46.5. The number of amidine groups is 1. The average Bonchev–Trinajstić information content (AvgIpc) is 3.82. The number of benzene rings is 2. The van der Waals surface area contributed by atoms with Crippen molar-refractivity contribution in [1.29, 1.82) is 0 Å². The van der Waals surface area contributed by atoms with Crippen LogP contribution in [0.1, 0.15) is 49.7 Å². The van der Waals surface area contributed by atoms with Crippen molar-refractivity contribution in [3.05, 3.63) is 53.6 Å². The van der Waals surface area contributed by atoms with Gasteiger partial charge in [0.15, 0.2) is 0 Å². The van der Waals surface area contributed by atoms with Crippen LogP contribution >= 0.6 is 0 Å². The molecule has 184 valence electrons. The molecule has 3 heterocycles. The average molecular weight is 483 g/mol. The molecule has 1 N–H and O–H groups in total. The number of aryl methyl sites for hydroxylation is 1. The summed E-state index contributed by atoms with van der Waals surface area (Å²) in [6.07, 6.45) is 5.95. The molecule has 0 aromatic heterocycles. The number of aliphatic imine (C=N–C) groups is 1. The topological polar surface area (TPSA) is 82.1 Å². The van der Waals surface area contributed by atoms with Crippen LogP contribution in [0.4, 0.5) is 5.69 Å². The summed E-state index contributed by atoms with van der Waals surface area (Å²) >= 11 is 0. The van der Waals surface area contributed by atoms with Gasteiger partial charge in [0.25, 0.3) is 5.91 Å². The third-order valence-corrected chi connectivity index (χ3v) is 8.39. The van der Waals surface area contributed by atoms with E-state index in [1.807, 2.05) is 28.0 Å². The highest BCUT2D eigenvalue weighted by Gasteiger charge is 2.57. The number of anilines is 1. The molecule has 3 amide bonds. The lowest BCUT2D eigenvalue weighted by Crippen LogP contribution is -2.40. The van der Waals surface area contributed by atoms with Crippen molar-refractivity contribution in [1.82, 2.24) is 9.80 Å². The largest absolute Gasteiger partial charge is 0.342 e. The van der Waals surface area contributed by atoms with E-state index in [9.17, 15) is 14.4 Å². The molecule has 1 atom stereocenters. The fourth-order valence-corrected chi connectivity index (χ4v) is 5.88. The maximum Gasteiger partial charge on any atom is 0.256 e. The fraction of sp³-hybridized carbons (Fsp3) is 0.448. The molecule has 0 bridgehead atoms. The molecule has 7 nitrogen and oxygen atoms in total. The molecule has 7 rings (SSSR count). The first-order chi connectivity index (χ1) is 17.5. The standard InChI is InChI=1S/C29H30N4O3/c34-25-10-9-20-3-8-23(15-24(20)30-25)19-1-4-21(5-2-19)26-31-29(12-13-29)28(36)33(26)17-18-11-14-32(16-18)27(35)22-6-7-22/h1-5,8,15,18,22H,6-7,9-14,16-17H2,(H,30,34). The van der Waals surface area contributed by atoms with E-state index in [0.29, 0.717) is 24.8 Å². The normalized spacial score (nSPS) is 24.1. The van der Waals surface area contributed by atoms with E-state index in [4.69, 9.17) is 4.99 Å². The Balaban J connectivity index is 1.10. The maximum absolute atomic E-state index is 13.3. The highest BCUT2D eigenvalue weighted by atomic mass is 16.2. The minimum absolute atomic E-state index is 0.0651. The van der Waals surface area contributed by atoms with Crippen LogP contribution in [0.2, 0.25) is 0 Å². The first-order valence-corrected chi connectivity index (χ1v) is 13.2. The Bertz CT molecular complexity index is 1310. The van der Waals surface area contributed by atoms with Gasteiger partial charge in [-0.3, -0.25) is 24.3 Å². The Hall–Kier alpha value is -3.48. The second-order valence-corrected chi connectivity index (χ2v) is 11.1. The van der Waals surface area contributed by atoms with Gasteiger partial charge < -0.3 is 10.2 Å². The molecule has 3 aliphatic heterocycles. The predicted octanol–water partition coefficient (Wildman–Crippen LogP) is 3.62. The van der Waals surface area contributed by atoms with E-state index < -0.39 is 5.54 Å². The van der Waals surface area contributed by atoms with E-state index in [0.717, 1.165) is 79.8 Å². The zero-order valence-corrected chi connectivity index (χ0v) is 20.3. The van der Waals surface area contributed by atoms with Crippen LogP contribution in [-0.4, -0.2) is 58.5 Å². The molecule has 1 spiro atoms. The van der Waals surface area contributed by atoms with Gasteiger partial charge in [0, 0.05) is 43.2 Å². The Morgan fingerprint density at radius 1 is 0.972 bits per heavy atom. The molecule has 2 aromatic rings. The maximum atomic E-state index is 13.3. The summed E-state index contributed by atoms with van der Waals surface area (Å²) in [7, 11) is 0. The molecule has 3 fully saturated rings. The zero-order valence-electron chi connectivity index (χ0n) is 20.3. The SMILES string of the molecule is O=C1CCc2ccc(-c3ccc(C4=NC5(CC5)C(=O)N4CC4CCN(C(=O)C5CC5)C4)cc3)cc2N1. The number of hydrogen-bond donors (Lipinski definition) is 1. The van der Waals surface area contributed by atoms with Gasteiger partial charge in [0.2, 0.25) is 11.8 Å². The molecule has 2 aliphatic carbocycles. The minimum Gasteiger partial charge on any atom is -0.342 e. The third-order valence-electron chi connectivity index (χ3n) is 8.39. The highest BCUT2D eigenvalue weighted by molar-refractivity contribution is 6.16. The molecule has 0 radical (unpaired) electrons. The van der Waals surface area contributed by atoms with E-state index >= 15 is 0 Å². The first kappa shape index (κ1) is 21.8. The van der Waals surface area contributed by atoms with Crippen LogP contribution in [0, 0.1) is 11.8 Å². The van der Waals surface area contributed by atoms with Crippen LogP contribution in [0.5, 0.6) is 0 Å². The van der Waals surface area contributed by atoms with Gasteiger partial charge in [-0.2, -0.15) is 0 Å². The summed E-state index contributed by atoms with van der Waals surface area (Å²) in [5.41, 5.74) is 4.57. The fourth-order valence-electron chi connectivity index (χ4n) is 5.88. The van der Waals surface area contributed by atoms with Crippen molar-refractivity contribution >= 4 is 29.2 Å². The molecule has 1 unspecified atom stereocenters. The highest BCUT2D eigenvalue weighted by Crippen LogP contribution is 2.46. The quantitative estimate of drug-likeness (QED) is 0.707. The summed E-state index contributed by atoms with van der Waals surface area (Å²) in [6, 6.07) is 14.5. The summed E-state index contributed by atoms with van der Waals surface area (Å²) < 4.78 is 0. The Morgan fingerprint density at radius 3 is 2.47 bits per heavy atom. The molecule has 2 saturated carbocycles. The van der Waals surface area contributed by atoms with Gasteiger partial charge >= 0.3 is 0 Å². The first-order valence-electron chi connectivity index (χ1n) is 13.2. The van der Waals surface area contributed by atoms with Gasteiger partial charge in [0.05, 0.1) is 0 Å². The van der Waals surface area contributed by atoms with Gasteiger partial charge in [-0.1, -0.05) is 36.4 Å². The van der Waals surface area contributed by atoms with E-state index in [-0.39, 0.29) is 17.7 Å². The minimum atomic E-state index is -0.549.